The molecule has 2 heterocycles. The number of nitrogens with zero attached hydrogens (tertiary/aromatic N) is 3. The van der Waals surface area contributed by atoms with E-state index in [1.807, 2.05) is 105 Å². The Hall–Kier alpha value is -5.57. The summed E-state index contributed by atoms with van der Waals surface area (Å²) in [5.74, 6) is -0.531. The first-order valence-corrected chi connectivity index (χ1v) is 20.0. The van der Waals surface area contributed by atoms with Crippen LogP contribution in [0.5, 0.6) is 5.75 Å². The van der Waals surface area contributed by atoms with Gasteiger partial charge in [0.25, 0.3) is 0 Å². The van der Waals surface area contributed by atoms with Gasteiger partial charge in [0, 0.05) is 38.4 Å². The molecule has 2 aromatic heterocycles. The van der Waals surface area contributed by atoms with Crippen molar-refractivity contribution in [2.75, 3.05) is 0 Å². The number of aromatic nitrogens is 3. The summed E-state index contributed by atoms with van der Waals surface area (Å²) in [6.45, 7) is 15.3. The molecule has 0 atom stereocenters. The van der Waals surface area contributed by atoms with Crippen LogP contribution in [0.4, 0.5) is 0 Å². The molecular weight excluding hydrogens is 914 g/mol. The van der Waals surface area contributed by atoms with Crippen molar-refractivity contribution in [2.45, 2.75) is 86.4 Å². The smallest absolute Gasteiger partial charge is 0.148 e. The fraction of sp³-hybridized carbons (Fsp3) is 0.236. The first-order chi connectivity index (χ1) is 31.8. The molecule has 8 aromatic rings. The molecule has 4 nitrogen and oxygen atoms in total. The Kier molecular flexibility index (Phi) is 9.04. The van der Waals surface area contributed by atoms with Crippen LogP contribution in [0.2, 0.25) is 0 Å². The van der Waals surface area contributed by atoms with Crippen molar-refractivity contribution in [2.24, 2.45) is 0 Å². The fourth-order valence-corrected chi connectivity index (χ4v) is 7.96. The van der Waals surface area contributed by atoms with E-state index in [9.17, 15) is 5.11 Å². The van der Waals surface area contributed by atoms with E-state index in [0.29, 0.717) is 67.2 Å². The Morgan fingerprint density at radius 3 is 2.22 bits per heavy atom. The maximum absolute atomic E-state index is 11.8. The van der Waals surface area contributed by atoms with Gasteiger partial charge in [0.15, 0.2) is 0 Å². The van der Waals surface area contributed by atoms with Gasteiger partial charge in [0.2, 0.25) is 0 Å². The predicted octanol–water partition coefficient (Wildman–Crippen LogP) is 14.7. The number of rotatable bonds is 8. The van der Waals surface area contributed by atoms with E-state index >= 15 is 0 Å². The van der Waals surface area contributed by atoms with Crippen molar-refractivity contribution in [3.8, 4) is 67.5 Å². The maximum Gasteiger partial charge on any atom is 0.148 e. The number of hydrogen-bond acceptors (Lipinski definition) is 3. The van der Waals surface area contributed by atoms with Crippen LogP contribution in [0.1, 0.15) is 106 Å². The zero-order chi connectivity index (χ0) is 49.5. The molecular formula is C55H54N3OPt-. The Morgan fingerprint density at radius 2 is 1.50 bits per heavy atom. The number of phenols is 1. The van der Waals surface area contributed by atoms with E-state index in [-0.39, 0.29) is 61.4 Å². The van der Waals surface area contributed by atoms with Crippen LogP contribution in [0.3, 0.4) is 0 Å². The Bertz CT molecular complexity index is 3300. The molecule has 0 aliphatic heterocycles. The normalized spacial score (nSPS) is 14.3. The van der Waals surface area contributed by atoms with Crippen LogP contribution in [0.25, 0.3) is 72.7 Å². The quantitative estimate of drug-likeness (QED) is 0.154. The van der Waals surface area contributed by atoms with Crippen molar-refractivity contribution in [3.63, 3.8) is 0 Å². The molecule has 60 heavy (non-hydrogen) atoms. The fourth-order valence-electron chi connectivity index (χ4n) is 7.96. The largest absolute Gasteiger partial charge is 0.507 e. The van der Waals surface area contributed by atoms with Crippen LogP contribution in [0.15, 0.2) is 127 Å². The minimum atomic E-state index is -2.61. The number of aromatic hydroxyl groups is 1. The summed E-state index contributed by atoms with van der Waals surface area (Å²) in [6, 6.07) is 29.8. The van der Waals surface area contributed by atoms with Gasteiger partial charge >= 0.3 is 0 Å². The summed E-state index contributed by atoms with van der Waals surface area (Å²) in [6.07, 6.45) is 1.55. The second kappa shape index (κ2) is 16.8. The van der Waals surface area contributed by atoms with Crippen LogP contribution < -0.4 is 0 Å². The minimum absolute atomic E-state index is 0. The van der Waals surface area contributed by atoms with E-state index in [2.05, 4.69) is 40.7 Å². The zero-order valence-electron chi connectivity index (χ0n) is 44.4. The summed E-state index contributed by atoms with van der Waals surface area (Å²) in [4.78, 5) is 10.0. The molecule has 0 amide bonds. The van der Waals surface area contributed by atoms with Crippen molar-refractivity contribution in [3.05, 3.63) is 167 Å². The molecule has 0 aliphatic carbocycles. The molecule has 0 radical (unpaired) electrons. The van der Waals surface area contributed by atoms with Gasteiger partial charge in [-0.15, -0.1) is 29.3 Å². The third-order valence-electron chi connectivity index (χ3n) is 11.0. The average Bonchev–Trinajstić information content (AvgIpc) is 3.67. The summed E-state index contributed by atoms with van der Waals surface area (Å²) in [5, 5.41) is 11.8. The van der Waals surface area contributed by atoms with Gasteiger partial charge in [-0.25, -0.2) is 4.98 Å². The van der Waals surface area contributed by atoms with Gasteiger partial charge in [-0.1, -0.05) is 138 Å². The summed E-state index contributed by atoms with van der Waals surface area (Å²) < 4.78 is 80.0. The van der Waals surface area contributed by atoms with Crippen LogP contribution in [0, 0.1) is 26.8 Å². The average molecular weight is 977 g/mol. The Labute approximate surface area is 383 Å². The van der Waals surface area contributed by atoms with Gasteiger partial charge in [0.1, 0.15) is 11.6 Å². The summed E-state index contributed by atoms with van der Waals surface area (Å²) in [5.41, 5.74) is 10.3. The monoisotopic (exact) mass is 976 g/mol. The molecule has 0 bridgehead atoms. The maximum atomic E-state index is 11.8. The van der Waals surface area contributed by atoms with Crippen LogP contribution >= 0.6 is 0 Å². The van der Waals surface area contributed by atoms with E-state index in [4.69, 9.17) is 22.3 Å². The topological polar surface area (TPSA) is 50.9 Å². The number of fused-ring (bicyclic) bond motifs is 1. The number of pyridine rings is 1. The molecule has 5 heteroatoms. The molecule has 0 unspecified atom stereocenters. The van der Waals surface area contributed by atoms with Crippen LogP contribution in [-0.4, -0.2) is 19.6 Å². The number of phenolic OH excluding ortho intramolecular Hbond substituents is 1. The van der Waals surface area contributed by atoms with Crippen molar-refractivity contribution >= 4 is 11.0 Å². The Balaban J connectivity index is 0.00000703. The standard InChI is InChI=1S/C55H54N3O.Pt/c1-33(2)44-18-14-19-45(34(3)4)51(44)40-22-23-49(36(6)28-40)58-50-21-15-20-46(52(50)57-54(58)47-27-35(5)26-37(7)53(47)59)41-29-42(31-43(30-41)55(8,9)10)48-32-39(24-25-56-48)38-16-12-11-13-17-38;/h11-28,30-34,59H,1-10H3;/q-1;/i6D3,11D,12D,13D,16D,17D,33D;. The first kappa shape index (κ1) is 32.2. The number of benzene rings is 6. The number of para-hydroxylation sites is 1. The molecule has 8 rings (SSSR count). The van der Waals surface area contributed by atoms with Crippen molar-refractivity contribution in [1.82, 2.24) is 14.5 Å². The summed E-state index contributed by atoms with van der Waals surface area (Å²) in [7, 11) is 0. The third-order valence-corrected chi connectivity index (χ3v) is 11.0. The molecule has 306 valence electrons. The molecule has 0 spiro atoms. The van der Waals surface area contributed by atoms with E-state index in [1.54, 1.807) is 24.4 Å². The van der Waals surface area contributed by atoms with E-state index < -0.39 is 30.9 Å². The predicted molar refractivity (Wildman–Crippen MR) is 248 cm³/mol. The van der Waals surface area contributed by atoms with E-state index in [1.165, 1.54) is 0 Å². The van der Waals surface area contributed by atoms with Gasteiger partial charge in [-0.2, -0.15) is 0 Å². The van der Waals surface area contributed by atoms with Crippen LogP contribution in [-0.2, 0) is 26.5 Å². The minimum Gasteiger partial charge on any atom is -0.507 e. The molecule has 0 aliphatic rings. The molecule has 0 fully saturated rings. The second-order valence-corrected chi connectivity index (χ2v) is 17.0. The third kappa shape index (κ3) is 8.03. The van der Waals surface area contributed by atoms with Gasteiger partial charge in [-0.3, -0.25) is 9.55 Å². The molecule has 0 saturated heterocycles. The second-order valence-electron chi connectivity index (χ2n) is 17.0. The molecule has 1 N–H and O–H groups in total. The molecule has 0 saturated carbocycles. The Morgan fingerprint density at radius 1 is 0.767 bits per heavy atom. The number of imidazole rings is 1. The van der Waals surface area contributed by atoms with Gasteiger partial charge in [0.05, 0.1) is 29.1 Å². The van der Waals surface area contributed by atoms with Gasteiger partial charge in [-0.05, 0) is 118 Å². The van der Waals surface area contributed by atoms with Crippen molar-refractivity contribution in [1.29, 1.82) is 0 Å². The zero-order valence-corrected chi connectivity index (χ0v) is 37.7. The SMILES string of the molecule is [2H]c1c([2H])c([2H])c(-c2ccnc(-c3[c-]c(-c4cccc5c4nc(-c4cc(C)cc(C)c4O)n5-c4ccc(-c5c(C(C)C)cccc5C([2H])(C)C)cc4C([2H])([2H])[2H])cc(C(C)(C)C)c3)c2)c([2H])c1[2H].[Pt]. The van der Waals surface area contributed by atoms with Gasteiger partial charge < -0.3 is 5.11 Å². The first-order valence-electron chi connectivity index (χ1n) is 24.5. The molecule has 6 aromatic carbocycles. The number of aryl methyl sites for hydroxylation is 3. The van der Waals surface area contributed by atoms with Crippen molar-refractivity contribution < 1.29 is 38.5 Å². The number of hydrogen-bond donors (Lipinski definition) is 1. The van der Waals surface area contributed by atoms with E-state index in [0.717, 1.165) is 27.8 Å². The summed E-state index contributed by atoms with van der Waals surface area (Å²) >= 11 is 0.